The molecule has 5 heteroatoms. The third-order valence-electron chi connectivity index (χ3n) is 6.33. The number of hydrogen-bond acceptors (Lipinski definition) is 4. The number of hydrogen-bond donors (Lipinski definition) is 1. The van der Waals surface area contributed by atoms with E-state index in [9.17, 15) is 4.79 Å². The summed E-state index contributed by atoms with van der Waals surface area (Å²) in [4.78, 5) is 15.5. The number of likely N-dealkylation sites (tertiary alicyclic amines) is 1. The Bertz CT molecular complexity index is 859. The van der Waals surface area contributed by atoms with Crippen molar-refractivity contribution in [2.24, 2.45) is 0 Å². The monoisotopic (exact) mass is 394 g/mol. The van der Waals surface area contributed by atoms with Gasteiger partial charge in [0.25, 0.3) is 5.91 Å². The smallest absolute Gasteiger partial charge is 0.255 e. The van der Waals surface area contributed by atoms with Crippen LogP contribution in [-0.4, -0.2) is 43.7 Å². The molecule has 2 aliphatic heterocycles. The topological polar surface area (TPSA) is 50.8 Å². The van der Waals surface area contributed by atoms with Gasteiger partial charge in [-0.1, -0.05) is 31.2 Å². The maximum Gasteiger partial charge on any atom is 0.255 e. The van der Waals surface area contributed by atoms with Crippen LogP contribution >= 0.6 is 0 Å². The zero-order valence-electron chi connectivity index (χ0n) is 17.5. The average Bonchev–Trinajstić information content (AvgIpc) is 3.37. The number of carbonyl (C=O) groups is 1. The first-order chi connectivity index (χ1) is 14.1. The lowest BCUT2D eigenvalue weighted by atomic mass is 9.96. The van der Waals surface area contributed by atoms with Gasteiger partial charge >= 0.3 is 0 Å². The number of fused-ring (bicyclic) bond motifs is 1. The highest BCUT2D eigenvalue weighted by Gasteiger charge is 2.31. The highest BCUT2D eigenvalue weighted by molar-refractivity contribution is 5.97. The largest absolute Gasteiger partial charge is 0.497 e. The van der Waals surface area contributed by atoms with E-state index >= 15 is 0 Å². The van der Waals surface area contributed by atoms with Gasteiger partial charge in [-0.3, -0.25) is 9.69 Å². The maximum atomic E-state index is 13.0. The lowest BCUT2D eigenvalue weighted by Crippen LogP contribution is -2.36. The fourth-order valence-corrected chi connectivity index (χ4v) is 4.39. The molecule has 1 saturated heterocycles. The van der Waals surface area contributed by atoms with Gasteiger partial charge in [-0.2, -0.15) is 0 Å². The summed E-state index contributed by atoms with van der Waals surface area (Å²) >= 11 is 0. The summed E-state index contributed by atoms with van der Waals surface area (Å²) < 4.78 is 11.3. The fraction of sp³-hybridized carbons (Fsp3) is 0.458. The molecule has 2 aromatic carbocycles. The van der Waals surface area contributed by atoms with E-state index in [1.54, 1.807) is 7.11 Å². The van der Waals surface area contributed by atoms with Crippen LogP contribution in [0, 0.1) is 0 Å². The molecule has 1 fully saturated rings. The summed E-state index contributed by atoms with van der Waals surface area (Å²) in [5, 5.41) is 3.17. The molecule has 2 heterocycles. The van der Waals surface area contributed by atoms with Crippen molar-refractivity contribution < 1.29 is 14.3 Å². The first kappa shape index (κ1) is 19.8. The molecule has 0 spiro atoms. The van der Waals surface area contributed by atoms with Crippen LogP contribution in [0.15, 0.2) is 42.5 Å². The molecule has 2 aliphatic rings. The molecule has 29 heavy (non-hydrogen) atoms. The van der Waals surface area contributed by atoms with Crippen molar-refractivity contribution in [3.05, 3.63) is 59.2 Å². The highest BCUT2D eigenvalue weighted by Crippen LogP contribution is 2.40. The number of rotatable bonds is 6. The second kappa shape index (κ2) is 8.46. The van der Waals surface area contributed by atoms with Crippen LogP contribution in [0.25, 0.3) is 0 Å². The summed E-state index contributed by atoms with van der Waals surface area (Å²) in [6, 6.07) is 14.2. The van der Waals surface area contributed by atoms with Gasteiger partial charge < -0.3 is 14.8 Å². The van der Waals surface area contributed by atoms with Crippen molar-refractivity contribution in [2.75, 3.05) is 26.7 Å². The predicted molar refractivity (Wildman–Crippen MR) is 114 cm³/mol. The molecule has 1 amide bonds. The number of nitrogens with one attached hydrogen (secondary N) is 1. The van der Waals surface area contributed by atoms with E-state index in [0.29, 0.717) is 18.0 Å². The van der Waals surface area contributed by atoms with E-state index in [0.717, 1.165) is 30.2 Å². The van der Waals surface area contributed by atoms with Crippen LogP contribution in [0.5, 0.6) is 11.5 Å². The van der Waals surface area contributed by atoms with Crippen molar-refractivity contribution in [1.82, 2.24) is 10.2 Å². The highest BCUT2D eigenvalue weighted by atomic mass is 16.5. The Balaban J connectivity index is 1.51. The minimum absolute atomic E-state index is 0.0686. The van der Waals surface area contributed by atoms with Crippen molar-refractivity contribution >= 4 is 5.91 Å². The number of nitrogens with zero attached hydrogens (tertiary/aromatic N) is 1. The number of ether oxygens (including phenoxy) is 2. The van der Waals surface area contributed by atoms with Crippen LogP contribution in [0.4, 0.5) is 0 Å². The van der Waals surface area contributed by atoms with Gasteiger partial charge in [0.2, 0.25) is 0 Å². The summed E-state index contributed by atoms with van der Waals surface area (Å²) in [5.41, 5.74) is 2.95. The molecule has 0 saturated carbocycles. The number of amides is 1. The molecule has 0 radical (unpaired) electrons. The van der Waals surface area contributed by atoms with Crippen LogP contribution in [0.2, 0.25) is 0 Å². The molecule has 0 aromatic heterocycles. The molecule has 5 nitrogen and oxygen atoms in total. The number of benzene rings is 2. The molecule has 0 unspecified atom stereocenters. The van der Waals surface area contributed by atoms with Crippen LogP contribution < -0.4 is 14.8 Å². The molecular weight excluding hydrogens is 364 g/mol. The zero-order valence-corrected chi connectivity index (χ0v) is 17.5. The van der Waals surface area contributed by atoms with Crippen molar-refractivity contribution in [1.29, 1.82) is 0 Å². The van der Waals surface area contributed by atoms with Gasteiger partial charge in [-0.15, -0.1) is 0 Å². The first-order valence-electron chi connectivity index (χ1n) is 10.5. The maximum absolute atomic E-state index is 13.0. The molecule has 154 valence electrons. The third-order valence-corrected chi connectivity index (χ3v) is 6.33. The minimum Gasteiger partial charge on any atom is -0.497 e. The second-order valence-electron chi connectivity index (χ2n) is 8.08. The first-order valence-corrected chi connectivity index (χ1v) is 10.5. The van der Waals surface area contributed by atoms with E-state index in [2.05, 4.69) is 42.3 Å². The van der Waals surface area contributed by atoms with Crippen molar-refractivity contribution in [3.63, 3.8) is 0 Å². The predicted octanol–water partition coefficient (Wildman–Crippen LogP) is 4.15. The molecule has 1 N–H and O–H groups in total. The lowest BCUT2D eigenvalue weighted by molar-refractivity contribution is 0.0933. The summed E-state index contributed by atoms with van der Waals surface area (Å²) in [6.45, 7) is 6.89. The molecule has 0 bridgehead atoms. The standard InChI is InChI=1S/C24H30N2O3/c1-16-17(2)29-23-20(16)7-6-8-21(23)24(27)25-15-22(26-13-4-5-14-26)18-9-11-19(28-3)12-10-18/h6-12,16-17,22H,4-5,13-15H2,1-3H3,(H,25,27)/t16-,17+,22+/m1/s1. The van der Waals surface area contributed by atoms with Gasteiger partial charge in [0, 0.05) is 18.0 Å². The second-order valence-corrected chi connectivity index (χ2v) is 8.08. The van der Waals surface area contributed by atoms with Gasteiger partial charge in [0.05, 0.1) is 18.7 Å². The molecule has 3 atom stereocenters. The van der Waals surface area contributed by atoms with Crippen LogP contribution in [0.1, 0.15) is 60.1 Å². The lowest BCUT2D eigenvalue weighted by Gasteiger charge is -2.28. The fourth-order valence-electron chi connectivity index (χ4n) is 4.39. The summed E-state index contributed by atoms with van der Waals surface area (Å²) in [7, 11) is 1.68. The van der Waals surface area contributed by atoms with Gasteiger partial charge in [-0.05, 0) is 56.6 Å². The Labute approximate surface area is 173 Å². The SMILES string of the molecule is COc1ccc([C@H](CNC(=O)c2cccc3c2O[C@@H](C)[C@H]3C)N2CCCC2)cc1. The number of methoxy groups -OCH3 is 1. The molecule has 0 aliphatic carbocycles. The zero-order chi connectivity index (χ0) is 20.4. The van der Waals surface area contributed by atoms with E-state index < -0.39 is 0 Å². The minimum atomic E-state index is -0.0686. The van der Waals surface area contributed by atoms with E-state index in [1.807, 2.05) is 24.3 Å². The summed E-state index contributed by atoms with van der Waals surface area (Å²) in [5.74, 6) is 1.82. The Morgan fingerprint density at radius 2 is 1.90 bits per heavy atom. The Morgan fingerprint density at radius 1 is 1.17 bits per heavy atom. The van der Waals surface area contributed by atoms with Crippen LogP contribution in [0.3, 0.4) is 0 Å². The molecule has 2 aromatic rings. The van der Waals surface area contributed by atoms with E-state index in [4.69, 9.17) is 9.47 Å². The summed E-state index contributed by atoms with van der Waals surface area (Å²) in [6.07, 6.45) is 2.50. The van der Waals surface area contributed by atoms with Gasteiger partial charge in [0.15, 0.2) is 0 Å². The third kappa shape index (κ3) is 3.97. The van der Waals surface area contributed by atoms with Gasteiger partial charge in [0.1, 0.15) is 17.6 Å². The van der Waals surface area contributed by atoms with Crippen molar-refractivity contribution in [2.45, 2.75) is 44.8 Å². The van der Waals surface area contributed by atoms with E-state index in [-0.39, 0.29) is 18.1 Å². The number of para-hydroxylation sites is 1. The normalized spacial score (nSPS) is 22.0. The number of carbonyl (C=O) groups excluding carboxylic acids is 1. The Kier molecular flexibility index (Phi) is 5.76. The van der Waals surface area contributed by atoms with E-state index in [1.165, 1.54) is 18.4 Å². The molecular formula is C24H30N2O3. The molecule has 4 rings (SSSR count). The van der Waals surface area contributed by atoms with Crippen molar-refractivity contribution in [3.8, 4) is 11.5 Å². The Morgan fingerprint density at radius 3 is 2.59 bits per heavy atom. The quantitative estimate of drug-likeness (QED) is 0.800. The Hall–Kier alpha value is -2.53. The van der Waals surface area contributed by atoms with Gasteiger partial charge in [-0.25, -0.2) is 0 Å². The van der Waals surface area contributed by atoms with Crippen LogP contribution in [-0.2, 0) is 0 Å². The average molecular weight is 395 g/mol.